The van der Waals surface area contributed by atoms with Crippen LogP contribution in [-0.2, 0) is 11.3 Å². The maximum Gasteiger partial charge on any atom is 0.127 e. The molecule has 1 aromatic heterocycles. The molecule has 3 rings (SSSR count). The maximum atomic E-state index is 13.4. The van der Waals surface area contributed by atoms with Crippen molar-refractivity contribution in [2.24, 2.45) is 5.92 Å². The van der Waals surface area contributed by atoms with Crippen molar-refractivity contribution in [3.8, 4) is 0 Å². The first-order chi connectivity index (χ1) is 8.74. The fourth-order valence-corrected chi connectivity index (χ4v) is 2.83. The third-order valence-corrected chi connectivity index (χ3v) is 3.83. The van der Waals surface area contributed by atoms with E-state index >= 15 is 0 Å². The molecule has 18 heavy (non-hydrogen) atoms. The van der Waals surface area contributed by atoms with Crippen molar-refractivity contribution in [1.82, 2.24) is 15.0 Å². The zero-order valence-corrected chi connectivity index (χ0v) is 11.4. The number of fused-ring (bicyclic) bond motifs is 1. The number of hydrogen-bond donors (Lipinski definition) is 0. The van der Waals surface area contributed by atoms with Crippen LogP contribution >= 0.6 is 15.9 Å². The third-order valence-electron chi connectivity index (χ3n) is 3.22. The van der Waals surface area contributed by atoms with Gasteiger partial charge in [0.05, 0.1) is 16.6 Å². The number of benzene rings is 1. The van der Waals surface area contributed by atoms with Crippen LogP contribution in [-0.4, -0.2) is 28.2 Å². The van der Waals surface area contributed by atoms with Gasteiger partial charge in [-0.15, -0.1) is 5.10 Å². The van der Waals surface area contributed by atoms with Crippen molar-refractivity contribution >= 4 is 27.0 Å². The van der Waals surface area contributed by atoms with Crippen LogP contribution in [0.5, 0.6) is 0 Å². The van der Waals surface area contributed by atoms with Crippen LogP contribution in [0.15, 0.2) is 16.6 Å². The summed E-state index contributed by atoms with van der Waals surface area (Å²) in [5.74, 6) is 0.156. The molecule has 4 nitrogen and oxygen atoms in total. The lowest BCUT2D eigenvalue weighted by atomic mass is 10.0. The molecule has 6 heteroatoms. The molecule has 96 valence electrons. The van der Waals surface area contributed by atoms with Crippen LogP contribution in [0.1, 0.15) is 12.8 Å². The highest BCUT2D eigenvalue weighted by molar-refractivity contribution is 9.10. The van der Waals surface area contributed by atoms with Crippen LogP contribution < -0.4 is 0 Å². The van der Waals surface area contributed by atoms with Gasteiger partial charge in [-0.3, -0.25) is 0 Å². The summed E-state index contributed by atoms with van der Waals surface area (Å²) in [6.07, 6.45) is 2.20. The maximum absolute atomic E-state index is 13.4. The first-order valence-electron chi connectivity index (χ1n) is 6.00. The standard InChI is InChI=1S/C12H13BrFN3O/c13-10-4-9(14)5-11-12(10)15-16-17(11)6-8-2-1-3-18-7-8/h4-5,8H,1-3,6-7H2. The lowest BCUT2D eigenvalue weighted by Gasteiger charge is -2.21. The Labute approximate surface area is 112 Å². The fourth-order valence-electron chi connectivity index (χ4n) is 2.33. The topological polar surface area (TPSA) is 39.9 Å². The minimum absolute atomic E-state index is 0.280. The second-order valence-corrected chi connectivity index (χ2v) is 5.46. The zero-order chi connectivity index (χ0) is 12.5. The Bertz CT molecular complexity index is 566. The van der Waals surface area contributed by atoms with Crippen molar-refractivity contribution in [2.75, 3.05) is 13.2 Å². The van der Waals surface area contributed by atoms with E-state index in [4.69, 9.17) is 4.74 Å². The van der Waals surface area contributed by atoms with E-state index in [1.807, 2.05) is 0 Å². The van der Waals surface area contributed by atoms with Crippen LogP contribution in [0.25, 0.3) is 11.0 Å². The van der Waals surface area contributed by atoms with Gasteiger partial charge in [-0.05, 0) is 34.8 Å². The second-order valence-electron chi connectivity index (χ2n) is 4.61. The molecule has 1 unspecified atom stereocenters. The summed E-state index contributed by atoms with van der Waals surface area (Å²) < 4.78 is 21.3. The summed E-state index contributed by atoms with van der Waals surface area (Å²) in [6, 6.07) is 2.88. The quantitative estimate of drug-likeness (QED) is 0.856. The Morgan fingerprint density at radius 2 is 2.39 bits per heavy atom. The summed E-state index contributed by atoms with van der Waals surface area (Å²) in [5.41, 5.74) is 1.43. The van der Waals surface area contributed by atoms with Crippen molar-refractivity contribution in [3.63, 3.8) is 0 Å². The van der Waals surface area contributed by atoms with Crippen molar-refractivity contribution in [3.05, 3.63) is 22.4 Å². The number of rotatable bonds is 2. The highest BCUT2D eigenvalue weighted by atomic mass is 79.9. The van der Waals surface area contributed by atoms with Crippen molar-refractivity contribution < 1.29 is 9.13 Å². The van der Waals surface area contributed by atoms with E-state index < -0.39 is 0 Å². The molecule has 1 aliphatic rings. The molecule has 1 fully saturated rings. The van der Waals surface area contributed by atoms with Gasteiger partial charge in [0, 0.05) is 25.1 Å². The van der Waals surface area contributed by atoms with Crippen LogP contribution in [0.4, 0.5) is 4.39 Å². The average Bonchev–Trinajstić information content (AvgIpc) is 2.74. The molecule has 2 aromatic rings. The molecule has 1 atom stereocenters. The van der Waals surface area contributed by atoms with Gasteiger partial charge in [0.15, 0.2) is 0 Å². The minimum Gasteiger partial charge on any atom is -0.381 e. The Morgan fingerprint density at radius 1 is 1.50 bits per heavy atom. The Morgan fingerprint density at radius 3 is 3.17 bits per heavy atom. The first-order valence-corrected chi connectivity index (χ1v) is 6.79. The molecular formula is C12H13BrFN3O. The van der Waals surface area contributed by atoms with E-state index in [1.54, 1.807) is 4.68 Å². The van der Waals surface area contributed by atoms with Gasteiger partial charge in [-0.25, -0.2) is 9.07 Å². The predicted molar refractivity (Wildman–Crippen MR) is 68.7 cm³/mol. The molecule has 0 radical (unpaired) electrons. The second kappa shape index (κ2) is 4.93. The van der Waals surface area contributed by atoms with Crippen LogP contribution in [0.2, 0.25) is 0 Å². The predicted octanol–water partition coefficient (Wildman–Crippen LogP) is 2.76. The molecule has 1 saturated heterocycles. The normalized spacial score (nSPS) is 20.4. The van der Waals surface area contributed by atoms with Crippen molar-refractivity contribution in [1.29, 1.82) is 0 Å². The fraction of sp³-hybridized carbons (Fsp3) is 0.500. The highest BCUT2D eigenvalue weighted by Crippen LogP contribution is 2.24. The number of halogens is 2. The van der Waals surface area contributed by atoms with E-state index in [0.29, 0.717) is 15.9 Å². The van der Waals surface area contributed by atoms with E-state index in [1.165, 1.54) is 12.1 Å². The molecule has 0 bridgehead atoms. The highest BCUT2D eigenvalue weighted by Gasteiger charge is 2.17. The van der Waals surface area contributed by atoms with E-state index in [9.17, 15) is 4.39 Å². The van der Waals surface area contributed by atoms with Crippen LogP contribution in [0, 0.1) is 11.7 Å². The lowest BCUT2D eigenvalue weighted by molar-refractivity contribution is 0.0473. The minimum atomic E-state index is -0.280. The lowest BCUT2D eigenvalue weighted by Crippen LogP contribution is -2.22. The Kier molecular flexibility index (Phi) is 3.30. The molecule has 0 N–H and O–H groups in total. The monoisotopic (exact) mass is 313 g/mol. The number of ether oxygens (including phenoxy) is 1. The van der Waals surface area contributed by atoms with Gasteiger partial charge >= 0.3 is 0 Å². The van der Waals surface area contributed by atoms with Gasteiger partial charge in [0.2, 0.25) is 0 Å². The molecule has 0 aliphatic carbocycles. The van der Waals surface area contributed by atoms with Gasteiger partial charge in [-0.1, -0.05) is 5.21 Å². The summed E-state index contributed by atoms with van der Waals surface area (Å²) >= 11 is 3.31. The van der Waals surface area contributed by atoms with Gasteiger partial charge in [-0.2, -0.15) is 0 Å². The molecule has 1 aromatic carbocycles. The molecule has 0 saturated carbocycles. The molecular weight excluding hydrogens is 301 g/mol. The van der Waals surface area contributed by atoms with Crippen molar-refractivity contribution in [2.45, 2.75) is 19.4 Å². The van der Waals surface area contributed by atoms with Gasteiger partial charge in [0.25, 0.3) is 0 Å². The summed E-state index contributed by atoms with van der Waals surface area (Å²) in [5, 5.41) is 8.19. The molecule has 1 aliphatic heterocycles. The zero-order valence-electron chi connectivity index (χ0n) is 9.77. The first kappa shape index (κ1) is 12.0. The summed E-state index contributed by atoms with van der Waals surface area (Å²) in [4.78, 5) is 0. The number of aromatic nitrogens is 3. The summed E-state index contributed by atoms with van der Waals surface area (Å²) in [6.45, 7) is 2.32. The molecule has 0 amide bonds. The summed E-state index contributed by atoms with van der Waals surface area (Å²) in [7, 11) is 0. The van der Waals surface area contributed by atoms with Gasteiger partial charge < -0.3 is 4.74 Å². The van der Waals surface area contributed by atoms with Gasteiger partial charge in [0.1, 0.15) is 11.3 Å². The average molecular weight is 314 g/mol. The smallest absolute Gasteiger partial charge is 0.127 e. The number of nitrogens with zero attached hydrogens (tertiary/aromatic N) is 3. The largest absolute Gasteiger partial charge is 0.381 e. The molecule has 0 spiro atoms. The Hall–Kier alpha value is -1.01. The third kappa shape index (κ3) is 2.27. The number of hydrogen-bond acceptors (Lipinski definition) is 3. The SMILES string of the molecule is Fc1cc(Br)c2nnn(CC3CCCOC3)c2c1. The van der Waals surface area contributed by atoms with E-state index in [-0.39, 0.29) is 5.82 Å². The van der Waals surface area contributed by atoms with E-state index in [2.05, 4.69) is 26.2 Å². The molecule has 2 heterocycles. The van der Waals surface area contributed by atoms with Crippen LogP contribution in [0.3, 0.4) is 0 Å². The Balaban J connectivity index is 1.92. The van der Waals surface area contributed by atoms with E-state index in [0.717, 1.165) is 38.1 Å².